The zero-order valence-electron chi connectivity index (χ0n) is 8.99. The van der Waals surface area contributed by atoms with Crippen molar-refractivity contribution in [1.29, 1.82) is 0 Å². The number of urea groups is 1. The summed E-state index contributed by atoms with van der Waals surface area (Å²) in [6.07, 6.45) is 0.941. The molecular weight excluding hydrogens is 214 g/mol. The summed E-state index contributed by atoms with van der Waals surface area (Å²) in [4.78, 5) is 22.4. The molecule has 1 unspecified atom stereocenters. The number of carboxylic acids is 1. The SMILES string of the molecule is NCCCNC(=O)NC1(C(=O)O)CCOC1. The van der Waals surface area contributed by atoms with Gasteiger partial charge in [-0.2, -0.15) is 0 Å². The first-order chi connectivity index (χ1) is 7.60. The van der Waals surface area contributed by atoms with E-state index in [4.69, 9.17) is 15.6 Å². The predicted octanol–water partition coefficient (Wildman–Crippen LogP) is -1.12. The van der Waals surface area contributed by atoms with Gasteiger partial charge in [0.2, 0.25) is 0 Å². The van der Waals surface area contributed by atoms with Gasteiger partial charge in [0.1, 0.15) is 0 Å². The number of nitrogens with one attached hydrogen (secondary N) is 2. The standard InChI is InChI=1S/C9H17N3O4/c10-3-1-4-11-8(15)12-9(7(13)14)2-5-16-6-9/h1-6,10H2,(H,13,14)(H2,11,12,15). The number of carboxylic acid groups (broad SMARTS) is 1. The summed E-state index contributed by atoms with van der Waals surface area (Å²) in [5.41, 5.74) is 3.98. The van der Waals surface area contributed by atoms with E-state index in [1.807, 2.05) is 0 Å². The van der Waals surface area contributed by atoms with Gasteiger partial charge in [0.05, 0.1) is 6.61 Å². The Kier molecular flexibility index (Phi) is 4.51. The number of carbonyl (C=O) groups excluding carboxylic acids is 1. The highest BCUT2D eigenvalue weighted by atomic mass is 16.5. The molecule has 1 atom stereocenters. The molecule has 0 aliphatic carbocycles. The number of hydrogen-bond acceptors (Lipinski definition) is 4. The van der Waals surface area contributed by atoms with E-state index in [0.29, 0.717) is 26.1 Å². The van der Waals surface area contributed by atoms with Gasteiger partial charge in [0, 0.05) is 19.6 Å². The quantitative estimate of drug-likeness (QED) is 0.447. The average Bonchev–Trinajstić information content (AvgIpc) is 2.68. The summed E-state index contributed by atoms with van der Waals surface area (Å²) in [5, 5.41) is 14.0. The van der Waals surface area contributed by atoms with Crippen LogP contribution in [-0.4, -0.2) is 48.9 Å². The third kappa shape index (κ3) is 3.07. The fourth-order valence-electron chi connectivity index (χ4n) is 1.45. The van der Waals surface area contributed by atoms with Gasteiger partial charge in [-0.3, -0.25) is 0 Å². The van der Waals surface area contributed by atoms with Gasteiger partial charge in [-0.05, 0) is 13.0 Å². The molecule has 2 amide bonds. The molecule has 1 heterocycles. The van der Waals surface area contributed by atoms with Gasteiger partial charge in [-0.25, -0.2) is 9.59 Å². The maximum Gasteiger partial charge on any atom is 0.332 e. The lowest BCUT2D eigenvalue weighted by atomic mass is 9.99. The Hall–Kier alpha value is -1.34. The zero-order valence-corrected chi connectivity index (χ0v) is 8.99. The number of amides is 2. The lowest BCUT2D eigenvalue weighted by Gasteiger charge is -2.23. The first-order valence-electron chi connectivity index (χ1n) is 5.18. The van der Waals surface area contributed by atoms with Crippen LogP contribution in [0.1, 0.15) is 12.8 Å². The van der Waals surface area contributed by atoms with E-state index in [1.165, 1.54) is 0 Å². The monoisotopic (exact) mass is 231 g/mol. The van der Waals surface area contributed by atoms with E-state index in [1.54, 1.807) is 0 Å². The Balaban J connectivity index is 2.43. The first kappa shape index (κ1) is 12.7. The molecule has 0 aromatic rings. The van der Waals surface area contributed by atoms with Crippen LogP contribution in [0.15, 0.2) is 0 Å². The summed E-state index contributed by atoms with van der Waals surface area (Å²) < 4.78 is 5.00. The summed E-state index contributed by atoms with van der Waals surface area (Å²) in [6.45, 7) is 1.26. The molecule has 92 valence electrons. The van der Waals surface area contributed by atoms with Gasteiger partial charge in [0.25, 0.3) is 0 Å². The molecule has 1 rings (SSSR count). The minimum Gasteiger partial charge on any atom is -0.479 e. The van der Waals surface area contributed by atoms with Gasteiger partial charge in [-0.1, -0.05) is 0 Å². The van der Waals surface area contributed by atoms with Crippen LogP contribution in [0, 0.1) is 0 Å². The third-order valence-electron chi connectivity index (χ3n) is 2.45. The lowest BCUT2D eigenvalue weighted by Crippen LogP contribution is -2.57. The number of rotatable bonds is 5. The van der Waals surface area contributed by atoms with Crippen LogP contribution < -0.4 is 16.4 Å². The van der Waals surface area contributed by atoms with E-state index in [-0.39, 0.29) is 13.0 Å². The maximum atomic E-state index is 11.4. The van der Waals surface area contributed by atoms with Crippen molar-refractivity contribution >= 4 is 12.0 Å². The molecule has 0 aromatic heterocycles. The Morgan fingerprint density at radius 2 is 2.25 bits per heavy atom. The number of nitrogens with two attached hydrogens (primary N) is 1. The van der Waals surface area contributed by atoms with E-state index in [9.17, 15) is 9.59 Å². The molecule has 0 bridgehead atoms. The number of aliphatic carboxylic acids is 1. The molecule has 5 N–H and O–H groups in total. The van der Waals surface area contributed by atoms with Crippen molar-refractivity contribution in [3.8, 4) is 0 Å². The molecule has 7 nitrogen and oxygen atoms in total. The normalized spacial score (nSPS) is 24.1. The molecule has 0 radical (unpaired) electrons. The van der Waals surface area contributed by atoms with Crippen molar-refractivity contribution in [2.45, 2.75) is 18.4 Å². The highest BCUT2D eigenvalue weighted by Crippen LogP contribution is 2.18. The molecule has 1 aliphatic heterocycles. The van der Waals surface area contributed by atoms with E-state index in [2.05, 4.69) is 10.6 Å². The number of hydrogen-bond donors (Lipinski definition) is 4. The van der Waals surface area contributed by atoms with Crippen LogP contribution in [0.3, 0.4) is 0 Å². The highest BCUT2D eigenvalue weighted by Gasteiger charge is 2.43. The molecule has 1 aliphatic rings. The average molecular weight is 231 g/mol. The summed E-state index contributed by atoms with van der Waals surface area (Å²) in [6, 6.07) is -0.499. The van der Waals surface area contributed by atoms with Crippen molar-refractivity contribution in [1.82, 2.24) is 10.6 Å². The van der Waals surface area contributed by atoms with Gasteiger partial charge >= 0.3 is 12.0 Å². The van der Waals surface area contributed by atoms with Crippen molar-refractivity contribution in [2.75, 3.05) is 26.3 Å². The fraction of sp³-hybridized carbons (Fsp3) is 0.778. The number of ether oxygens (including phenoxy) is 1. The minimum absolute atomic E-state index is 0.00659. The van der Waals surface area contributed by atoms with Crippen LogP contribution in [-0.2, 0) is 9.53 Å². The second kappa shape index (κ2) is 5.66. The third-order valence-corrected chi connectivity index (χ3v) is 2.45. The molecule has 1 fully saturated rings. The summed E-state index contributed by atoms with van der Waals surface area (Å²) in [7, 11) is 0. The van der Waals surface area contributed by atoms with Crippen molar-refractivity contribution in [3.63, 3.8) is 0 Å². The molecule has 16 heavy (non-hydrogen) atoms. The summed E-state index contributed by atoms with van der Waals surface area (Å²) in [5.74, 6) is -1.07. The van der Waals surface area contributed by atoms with Crippen molar-refractivity contribution in [2.24, 2.45) is 5.73 Å². The zero-order chi connectivity index (χ0) is 12.0. The molecule has 0 saturated carbocycles. The number of carbonyl (C=O) groups is 2. The fourth-order valence-corrected chi connectivity index (χ4v) is 1.45. The maximum absolute atomic E-state index is 11.4. The van der Waals surface area contributed by atoms with Gasteiger partial charge in [-0.15, -0.1) is 0 Å². The van der Waals surface area contributed by atoms with Gasteiger partial charge in [0.15, 0.2) is 5.54 Å². The smallest absolute Gasteiger partial charge is 0.332 e. The van der Waals surface area contributed by atoms with Gasteiger partial charge < -0.3 is 26.2 Å². The Morgan fingerprint density at radius 3 is 2.75 bits per heavy atom. The predicted molar refractivity (Wildman–Crippen MR) is 56.0 cm³/mol. The largest absolute Gasteiger partial charge is 0.479 e. The molecule has 0 aromatic carbocycles. The lowest BCUT2D eigenvalue weighted by molar-refractivity contribution is -0.144. The van der Waals surface area contributed by atoms with Crippen LogP contribution in [0.4, 0.5) is 4.79 Å². The minimum atomic E-state index is -1.28. The molecule has 0 spiro atoms. The van der Waals surface area contributed by atoms with Crippen molar-refractivity contribution in [3.05, 3.63) is 0 Å². The van der Waals surface area contributed by atoms with E-state index in [0.717, 1.165) is 0 Å². The second-order valence-corrected chi connectivity index (χ2v) is 3.71. The molecular formula is C9H17N3O4. The van der Waals surface area contributed by atoms with Crippen LogP contribution in [0.25, 0.3) is 0 Å². The molecule has 1 saturated heterocycles. The van der Waals surface area contributed by atoms with Crippen LogP contribution in [0.2, 0.25) is 0 Å². The highest BCUT2D eigenvalue weighted by molar-refractivity contribution is 5.86. The Morgan fingerprint density at radius 1 is 1.50 bits per heavy atom. The van der Waals surface area contributed by atoms with Crippen molar-refractivity contribution < 1.29 is 19.4 Å². The van der Waals surface area contributed by atoms with Crippen LogP contribution in [0.5, 0.6) is 0 Å². The first-order valence-corrected chi connectivity index (χ1v) is 5.18. The summed E-state index contributed by atoms with van der Waals surface area (Å²) >= 11 is 0. The van der Waals surface area contributed by atoms with E-state index < -0.39 is 17.5 Å². The van der Waals surface area contributed by atoms with E-state index >= 15 is 0 Å². The second-order valence-electron chi connectivity index (χ2n) is 3.71. The molecule has 7 heteroatoms. The Bertz CT molecular complexity index is 263. The topological polar surface area (TPSA) is 114 Å². The van der Waals surface area contributed by atoms with Crippen LogP contribution >= 0.6 is 0 Å². The Labute approximate surface area is 93.3 Å².